The van der Waals surface area contributed by atoms with Crippen LogP contribution in [0.5, 0.6) is 0 Å². The maximum absolute atomic E-state index is 12.9. The van der Waals surface area contributed by atoms with Gasteiger partial charge in [-0.05, 0) is 37.2 Å². The second kappa shape index (κ2) is 8.55. The van der Waals surface area contributed by atoms with Gasteiger partial charge in [-0.3, -0.25) is 14.3 Å². The van der Waals surface area contributed by atoms with Crippen LogP contribution in [0.4, 0.5) is 0 Å². The highest BCUT2D eigenvalue weighted by Crippen LogP contribution is 2.27. The molecule has 1 atom stereocenters. The molecule has 1 unspecified atom stereocenters. The highest BCUT2D eigenvalue weighted by Gasteiger charge is 2.24. The quantitative estimate of drug-likeness (QED) is 0.784. The minimum Gasteiger partial charge on any atom is -0.368 e. The number of carbonyl (C=O) groups is 2. The summed E-state index contributed by atoms with van der Waals surface area (Å²) in [4.78, 5) is 24.6. The maximum Gasteiger partial charge on any atom is 0.273 e. The number of hydrogen-bond donors (Lipinski definition) is 2. The Morgan fingerprint density at radius 2 is 1.93 bits per heavy atom. The third-order valence-electron chi connectivity index (χ3n) is 5.38. The number of nitrogens with two attached hydrogens (primary N) is 1. The minimum absolute atomic E-state index is 0.253. The summed E-state index contributed by atoms with van der Waals surface area (Å²) < 4.78 is 1.96. The van der Waals surface area contributed by atoms with Crippen molar-refractivity contribution in [2.45, 2.75) is 65.0 Å². The summed E-state index contributed by atoms with van der Waals surface area (Å²) in [6, 6.07) is 7.11. The predicted molar refractivity (Wildman–Crippen MR) is 106 cm³/mol. The monoisotopic (exact) mass is 370 g/mol. The van der Waals surface area contributed by atoms with Gasteiger partial charge in [0.25, 0.3) is 5.91 Å². The molecular formula is C21H30N4O2. The van der Waals surface area contributed by atoms with E-state index in [1.807, 2.05) is 42.8 Å². The fraction of sp³-hybridized carbons (Fsp3) is 0.571. The Morgan fingerprint density at radius 3 is 2.59 bits per heavy atom. The third-order valence-corrected chi connectivity index (χ3v) is 5.38. The molecule has 1 aliphatic rings. The molecule has 1 aromatic heterocycles. The Balaban J connectivity index is 1.85. The molecule has 0 saturated heterocycles. The van der Waals surface area contributed by atoms with Crippen LogP contribution in [0.3, 0.4) is 0 Å². The molecule has 146 valence electrons. The molecule has 1 heterocycles. The molecule has 1 aromatic carbocycles. The van der Waals surface area contributed by atoms with Crippen LogP contribution in [-0.2, 0) is 11.3 Å². The molecule has 6 heteroatoms. The largest absolute Gasteiger partial charge is 0.368 e. The van der Waals surface area contributed by atoms with Crippen LogP contribution in [0.15, 0.2) is 24.3 Å². The summed E-state index contributed by atoms with van der Waals surface area (Å²) in [6.07, 6.45) is 6.80. The zero-order valence-corrected chi connectivity index (χ0v) is 16.3. The molecular weight excluding hydrogens is 340 g/mol. The van der Waals surface area contributed by atoms with Crippen molar-refractivity contribution in [1.82, 2.24) is 15.1 Å². The van der Waals surface area contributed by atoms with Crippen molar-refractivity contribution < 1.29 is 9.59 Å². The van der Waals surface area contributed by atoms with Gasteiger partial charge in [0.2, 0.25) is 5.91 Å². The van der Waals surface area contributed by atoms with E-state index in [0.717, 1.165) is 17.4 Å². The number of para-hydroxylation sites is 1. The maximum atomic E-state index is 12.9. The third kappa shape index (κ3) is 4.67. The van der Waals surface area contributed by atoms with Crippen LogP contribution in [-0.4, -0.2) is 27.6 Å². The number of aromatic nitrogens is 2. The van der Waals surface area contributed by atoms with Gasteiger partial charge in [0.15, 0.2) is 5.69 Å². The minimum atomic E-state index is -0.681. The van der Waals surface area contributed by atoms with Crippen LogP contribution >= 0.6 is 0 Å². The zero-order chi connectivity index (χ0) is 19.4. The molecule has 1 fully saturated rings. The summed E-state index contributed by atoms with van der Waals surface area (Å²) in [6.45, 7) is 4.83. The number of carbonyl (C=O) groups excluding carboxylic acids is 2. The van der Waals surface area contributed by atoms with Crippen molar-refractivity contribution in [3.8, 4) is 0 Å². The van der Waals surface area contributed by atoms with Gasteiger partial charge in [-0.25, -0.2) is 0 Å². The lowest BCUT2D eigenvalue weighted by Crippen LogP contribution is -2.45. The molecule has 0 radical (unpaired) electrons. The number of fused-ring (bicyclic) bond motifs is 1. The smallest absolute Gasteiger partial charge is 0.273 e. The number of hydrogen-bond acceptors (Lipinski definition) is 3. The first kappa shape index (κ1) is 19.4. The molecule has 1 aliphatic carbocycles. The summed E-state index contributed by atoms with van der Waals surface area (Å²) in [7, 11) is 0. The lowest BCUT2D eigenvalue weighted by molar-refractivity contribution is -0.120. The summed E-state index contributed by atoms with van der Waals surface area (Å²) in [5.74, 6) is 0.0155. The van der Waals surface area contributed by atoms with Crippen molar-refractivity contribution in [3.63, 3.8) is 0 Å². The number of benzene rings is 1. The predicted octanol–water partition coefficient (Wildman–Crippen LogP) is 3.25. The molecule has 0 spiro atoms. The molecule has 1 saturated carbocycles. The number of primary amides is 1. The number of amides is 2. The molecule has 3 rings (SSSR count). The van der Waals surface area contributed by atoms with Crippen LogP contribution in [0.25, 0.3) is 10.9 Å². The van der Waals surface area contributed by atoms with Gasteiger partial charge in [-0.2, -0.15) is 5.10 Å². The fourth-order valence-corrected chi connectivity index (χ4v) is 3.99. The van der Waals surface area contributed by atoms with Gasteiger partial charge in [-0.15, -0.1) is 0 Å². The first-order chi connectivity index (χ1) is 13.0. The lowest BCUT2D eigenvalue weighted by atomic mass is 9.89. The average Bonchev–Trinajstić information content (AvgIpc) is 3.00. The van der Waals surface area contributed by atoms with Gasteiger partial charge >= 0.3 is 0 Å². The zero-order valence-electron chi connectivity index (χ0n) is 16.3. The second-order valence-corrected chi connectivity index (χ2v) is 8.11. The first-order valence-corrected chi connectivity index (χ1v) is 10.0. The topological polar surface area (TPSA) is 90.0 Å². The van der Waals surface area contributed by atoms with E-state index in [1.165, 1.54) is 32.1 Å². The highest BCUT2D eigenvalue weighted by molar-refractivity contribution is 6.06. The van der Waals surface area contributed by atoms with Gasteiger partial charge in [0, 0.05) is 11.9 Å². The molecule has 27 heavy (non-hydrogen) atoms. The molecule has 3 N–H and O–H groups in total. The Morgan fingerprint density at radius 1 is 1.22 bits per heavy atom. The molecule has 2 amide bonds. The highest BCUT2D eigenvalue weighted by atomic mass is 16.2. The molecule has 0 aliphatic heterocycles. The first-order valence-electron chi connectivity index (χ1n) is 10.0. The van der Waals surface area contributed by atoms with Crippen molar-refractivity contribution in [3.05, 3.63) is 30.0 Å². The number of rotatable bonds is 7. The van der Waals surface area contributed by atoms with E-state index >= 15 is 0 Å². The Kier molecular flexibility index (Phi) is 6.14. The van der Waals surface area contributed by atoms with E-state index in [2.05, 4.69) is 10.4 Å². The SMILES string of the molecule is CC(C)CC(NC(=O)c1nn(CC2CCCCC2)c2ccccc12)C(N)=O. The van der Waals surface area contributed by atoms with Crippen LogP contribution in [0.1, 0.15) is 62.9 Å². The van der Waals surface area contributed by atoms with E-state index < -0.39 is 11.9 Å². The number of nitrogens with one attached hydrogen (secondary N) is 1. The molecule has 0 bridgehead atoms. The van der Waals surface area contributed by atoms with Gasteiger partial charge < -0.3 is 11.1 Å². The Labute approximate surface area is 160 Å². The summed E-state index contributed by atoms with van der Waals surface area (Å²) in [5.41, 5.74) is 6.81. The van der Waals surface area contributed by atoms with Crippen molar-refractivity contribution in [2.75, 3.05) is 0 Å². The Hall–Kier alpha value is -2.37. The van der Waals surface area contributed by atoms with E-state index in [4.69, 9.17) is 5.73 Å². The van der Waals surface area contributed by atoms with Gasteiger partial charge in [-0.1, -0.05) is 51.3 Å². The van der Waals surface area contributed by atoms with Gasteiger partial charge in [0.1, 0.15) is 6.04 Å². The van der Waals surface area contributed by atoms with E-state index in [0.29, 0.717) is 18.0 Å². The van der Waals surface area contributed by atoms with Crippen LogP contribution < -0.4 is 11.1 Å². The van der Waals surface area contributed by atoms with Crippen LogP contribution in [0, 0.1) is 11.8 Å². The van der Waals surface area contributed by atoms with Crippen molar-refractivity contribution in [1.29, 1.82) is 0 Å². The van der Waals surface area contributed by atoms with Crippen molar-refractivity contribution in [2.24, 2.45) is 17.6 Å². The lowest BCUT2D eigenvalue weighted by Gasteiger charge is -2.21. The molecule has 6 nitrogen and oxygen atoms in total. The van der Waals surface area contributed by atoms with E-state index in [-0.39, 0.29) is 11.8 Å². The number of nitrogens with zero attached hydrogens (tertiary/aromatic N) is 2. The summed E-state index contributed by atoms with van der Waals surface area (Å²) in [5, 5.41) is 8.23. The Bertz CT molecular complexity index is 806. The summed E-state index contributed by atoms with van der Waals surface area (Å²) >= 11 is 0. The second-order valence-electron chi connectivity index (χ2n) is 8.11. The fourth-order valence-electron chi connectivity index (χ4n) is 3.99. The molecule has 2 aromatic rings. The van der Waals surface area contributed by atoms with E-state index in [1.54, 1.807) is 0 Å². The average molecular weight is 370 g/mol. The normalized spacial score (nSPS) is 16.6. The van der Waals surface area contributed by atoms with E-state index in [9.17, 15) is 9.59 Å². The van der Waals surface area contributed by atoms with Gasteiger partial charge in [0.05, 0.1) is 5.52 Å². The van der Waals surface area contributed by atoms with Crippen LogP contribution in [0.2, 0.25) is 0 Å². The van der Waals surface area contributed by atoms with Crippen molar-refractivity contribution >= 4 is 22.7 Å². The standard InChI is InChI=1S/C21H30N4O2/c1-14(2)12-17(20(22)26)23-21(27)19-16-10-6-7-11-18(16)25(24-19)13-15-8-4-3-5-9-15/h6-7,10-11,14-15,17H,3-5,8-9,12-13H2,1-2H3,(H2,22,26)(H,23,27).